The first kappa shape index (κ1) is 15.5. The van der Waals surface area contributed by atoms with Gasteiger partial charge >= 0.3 is 0 Å². The van der Waals surface area contributed by atoms with Crippen molar-refractivity contribution in [2.24, 2.45) is 11.8 Å². The molecule has 2 aromatic rings. The van der Waals surface area contributed by atoms with Crippen molar-refractivity contribution in [3.8, 4) is 11.5 Å². The molecule has 0 bridgehead atoms. The van der Waals surface area contributed by atoms with Crippen LogP contribution in [0.2, 0.25) is 0 Å². The predicted molar refractivity (Wildman–Crippen MR) is 92.6 cm³/mol. The first-order valence-electron chi connectivity index (χ1n) is 8.16. The summed E-state index contributed by atoms with van der Waals surface area (Å²) in [6.45, 7) is 0.192. The normalized spacial score (nSPS) is 20.0. The average Bonchev–Trinajstić information content (AvgIpc) is 3.31. The van der Waals surface area contributed by atoms with Gasteiger partial charge in [-0.25, -0.2) is 0 Å². The highest BCUT2D eigenvalue weighted by atomic mass is 16.7. The van der Waals surface area contributed by atoms with Crippen molar-refractivity contribution in [2.75, 3.05) is 24.1 Å². The molecule has 2 aromatic carbocycles. The van der Waals surface area contributed by atoms with Gasteiger partial charge in [0.2, 0.25) is 18.6 Å². The van der Waals surface area contributed by atoms with Crippen LogP contribution < -0.4 is 19.7 Å². The van der Waals surface area contributed by atoms with E-state index in [1.165, 1.54) is 0 Å². The van der Waals surface area contributed by atoms with Crippen molar-refractivity contribution < 1.29 is 19.1 Å². The number of hydrogen-bond donors (Lipinski definition) is 1. The Morgan fingerprint density at radius 3 is 2.60 bits per heavy atom. The lowest BCUT2D eigenvalue weighted by Crippen LogP contribution is -2.29. The molecule has 6 nitrogen and oxygen atoms in total. The van der Waals surface area contributed by atoms with Crippen LogP contribution in [0.1, 0.15) is 6.42 Å². The van der Waals surface area contributed by atoms with E-state index in [-0.39, 0.29) is 30.4 Å². The lowest BCUT2D eigenvalue weighted by Gasteiger charge is -2.17. The highest BCUT2D eigenvalue weighted by Gasteiger charge is 2.49. The minimum absolute atomic E-state index is 0.0305. The molecule has 0 saturated heterocycles. The zero-order chi connectivity index (χ0) is 17.4. The van der Waals surface area contributed by atoms with Gasteiger partial charge in [0.15, 0.2) is 11.5 Å². The molecule has 1 saturated carbocycles. The number of carbonyl (C=O) groups excluding carboxylic acids is 2. The van der Waals surface area contributed by atoms with Crippen LogP contribution >= 0.6 is 0 Å². The highest BCUT2D eigenvalue weighted by Crippen LogP contribution is 2.42. The van der Waals surface area contributed by atoms with E-state index in [2.05, 4.69) is 5.32 Å². The molecule has 2 amide bonds. The third-order valence-electron chi connectivity index (χ3n) is 4.56. The standard InChI is InChI=1S/C19H18N2O4/c1-21(13-5-3-2-4-6-13)19(23)15-10-14(15)18(22)20-12-7-8-16-17(9-12)25-11-24-16/h2-9,14-15H,10-11H2,1H3,(H,20,22). The van der Waals surface area contributed by atoms with Gasteiger partial charge in [-0.1, -0.05) is 18.2 Å². The summed E-state index contributed by atoms with van der Waals surface area (Å²) < 4.78 is 10.6. The topological polar surface area (TPSA) is 67.9 Å². The van der Waals surface area contributed by atoms with Gasteiger partial charge in [-0.2, -0.15) is 0 Å². The van der Waals surface area contributed by atoms with Gasteiger partial charge in [-0.3, -0.25) is 9.59 Å². The fourth-order valence-corrected chi connectivity index (χ4v) is 2.99. The summed E-state index contributed by atoms with van der Waals surface area (Å²) in [5.41, 5.74) is 1.47. The van der Waals surface area contributed by atoms with Crippen LogP contribution in [0.15, 0.2) is 48.5 Å². The summed E-state index contributed by atoms with van der Waals surface area (Å²) in [5, 5.41) is 2.85. The van der Waals surface area contributed by atoms with E-state index in [1.54, 1.807) is 30.1 Å². The second-order valence-electron chi connectivity index (χ2n) is 6.24. The maximum atomic E-state index is 12.5. The molecule has 0 spiro atoms. The Morgan fingerprint density at radius 1 is 1.04 bits per heavy atom. The number of nitrogens with zero attached hydrogens (tertiary/aromatic N) is 1. The number of ether oxygens (including phenoxy) is 2. The van der Waals surface area contributed by atoms with Gasteiger partial charge in [0.1, 0.15) is 0 Å². The lowest BCUT2D eigenvalue weighted by atomic mass is 10.2. The monoisotopic (exact) mass is 338 g/mol. The van der Waals surface area contributed by atoms with E-state index >= 15 is 0 Å². The summed E-state index contributed by atoms with van der Waals surface area (Å²) in [4.78, 5) is 26.5. The molecule has 128 valence electrons. The molecular formula is C19H18N2O4. The van der Waals surface area contributed by atoms with Crippen LogP contribution in [-0.2, 0) is 9.59 Å². The zero-order valence-corrected chi connectivity index (χ0v) is 13.8. The van der Waals surface area contributed by atoms with Crippen molar-refractivity contribution in [3.63, 3.8) is 0 Å². The molecular weight excluding hydrogens is 320 g/mol. The van der Waals surface area contributed by atoms with Crippen molar-refractivity contribution in [1.29, 1.82) is 0 Å². The van der Waals surface area contributed by atoms with E-state index in [4.69, 9.17) is 9.47 Å². The van der Waals surface area contributed by atoms with Crippen LogP contribution in [0, 0.1) is 11.8 Å². The Morgan fingerprint density at radius 2 is 1.80 bits per heavy atom. The Kier molecular flexibility index (Phi) is 3.80. The quantitative estimate of drug-likeness (QED) is 0.931. The number of rotatable bonds is 4. The smallest absolute Gasteiger partial charge is 0.231 e. The van der Waals surface area contributed by atoms with Crippen LogP contribution in [0.5, 0.6) is 11.5 Å². The van der Waals surface area contributed by atoms with E-state index in [0.29, 0.717) is 23.6 Å². The molecule has 1 N–H and O–H groups in total. The van der Waals surface area contributed by atoms with Crippen molar-refractivity contribution in [3.05, 3.63) is 48.5 Å². The first-order chi connectivity index (χ1) is 12.1. The Balaban J connectivity index is 1.37. The summed E-state index contributed by atoms with van der Waals surface area (Å²) in [6.07, 6.45) is 0.576. The van der Waals surface area contributed by atoms with Crippen molar-refractivity contribution in [2.45, 2.75) is 6.42 Å². The number of fused-ring (bicyclic) bond motifs is 1. The number of benzene rings is 2. The van der Waals surface area contributed by atoms with Gasteiger partial charge < -0.3 is 19.7 Å². The van der Waals surface area contributed by atoms with Gasteiger partial charge in [0.05, 0.1) is 11.8 Å². The molecule has 2 atom stereocenters. The molecule has 25 heavy (non-hydrogen) atoms. The Bertz CT molecular complexity index is 821. The van der Waals surface area contributed by atoms with Crippen LogP contribution in [0.4, 0.5) is 11.4 Å². The SMILES string of the molecule is CN(C(=O)C1CC1C(=O)Nc1ccc2c(c1)OCO2)c1ccccc1. The van der Waals surface area contributed by atoms with E-state index in [9.17, 15) is 9.59 Å². The predicted octanol–water partition coefficient (Wildman–Crippen LogP) is 2.65. The van der Waals surface area contributed by atoms with Crippen LogP contribution in [-0.4, -0.2) is 25.7 Å². The summed E-state index contributed by atoms with van der Waals surface area (Å²) >= 11 is 0. The van der Waals surface area contributed by atoms with Gasteiger partial charge in [-0.15, -0.1) is 0 Å². The van der Waals surface area contributed by atoms with Gasteiger partial charge in [0.25, 0.3) is 0 Å². The molecule has 1 heterocycles. The molecule has 1 fully saturated rings. The number of hydrogen-bond acceptors (Lipinski definition) is 4. The van der Waals surface area contributed by atoms with Gasteiger partial charge in [0, 0.05) is 24.5 Å². The van der Waals surface area contributed by atoms with Crippen molar-refractivity contribution in [1.82, 2.24) is 0 Å². The highest BCUT2D eigenvalue weighted by molar-refractivity contribution is 6.04. The second kappa shape index (κ2) is 6.12. The molecule has 1 aliphatic heterocycles. The molecule has 2 aliphatic rings. The minimum Gasteiger partial charge on any atom is -0.454 e. The summed E-state index contributed by atoms with van der Waals surface area (Å²) in [7, 11) is 1.74. The summed E-state index contributed by atoms with van der Waals surface area (Å²) in [6, 6.07) is 14.7. The fourth-order valence-electron chi connectivity index (χ4n) is 2.99. The number of anilines is 2. The fraction of sp³-hybridized carbons (Fsp3) is 0.263. The first-order valence-corrected chi connectivity index (χ1v) is 8.16. The molecule has 0 radical (unpaired) electrons. The van der Waals surface area contributed by atoms with E-state index < -0.39 is 0 Å². The number of para-hydroxylation sites is 1. The third kappa shape index (κ3) is 3.03. The molecule has 1 aliphatic carbocycles. The molecule has 2 unspecified atom stereocenters. The van der Waals surface area contributed by atoms with Gasteiger partial charge in [-0.05, 0) is 30.7 Å². The minimum atomic E-state index is -0.288. The second-order valence-corrected chi connectivity index (χ2v) is 6.24. The maximum Gasteiger partial charge on any atom is 0.231 e. The van der Waals surface area contributed by atoms with E-state index in [0.717, 1.165) is 5.69 Å². The van der Waals surface area contributed by atoms with Crippen molar-refractivity contribution >= 4 is 23.2 Å². The number of amides is 2. The third-order valence-corrected chi connectivity index (χ3v) is 4.56. The molecule has 4 rings (SSSR count). The maximum absolute atomic E-state index is 12.5. The molecule has 6 heteroatoms. The Hall–Kier alpha value is -3.02. The molecule has 0 aromatic heterocycles. The largest absolute Gasteiger partial charge is 0.454 e. The number of nitrogens with one attached hydrogen (secondary N) is 1. The summed E-state index contributed by atoms with van der Waals surface area (Å²) in [5.74, 6) is 0.561. The van der Waals surface area contributed by atoms with Crippen LogP contribution in [0.25, 0.3) is 0 Å². The lowest BCUT2D eigenvalue weighted by molar-refractivity contribution is -0.123. The average molecular weight is 338 g/mol. The van der Waals surface area contributed by atoms with E-state index in [1.807, 2.05) is 30.3 Å². The number of carbonyl (C=O) groups is 2. The van der Waals surface area contributed by atoms with Crippen LogP contribution in [0.3, 0.4) is 0 Å². The zero-order valence-electron chi connectivity index (χ0n) is 13.8. The Labute approximate surface area is 145 Å².